The molecule has 0 spiro atoms. The van der Waals surface area contributed by atoms with E-state index in [4.69, 9.17) is 5.10 Å². The molecular formula is C24H19F3N4O2. The maximum atomic E-state index is 14.4. The minimum absolute atomic E-state index is 0.0186. The molecule has 0 unspecified atom stereocenters. The predicted molar refractivity (Wildman–Crippen MR) is 111 cm³/mol. The highest BCUT2D eigenvalue weighted by Crippen LogP contribution is 2.40. The lowest BCUT2D eigenvalue weighted by molar-refractivity contribution is -0.129. The minimum atomic E-state index is -1.03. The van der Waals surface area contributed by atoms with Crippen molar-refractivity contribution in [3.63, 3.8) is 0 Å². The number of carbonyl (C=O) groups excluding carboxylic acids is 1. The highest BCUT2D eigenvalue weighted by molar-refractivity contribution is 5.75. The smallest absolute Gasteiger partial charge is 0.219 e. The van der Waals surface area contributed by atoms with Gasteiger partial charge in [0, 0.05) is 55.7 Å². The van der Waals surface area contributed by atoms with Crippen molar-refractivity contribution in [2.75, 3.05) is 6.54 Å². The third-order valence-electron chi connectivity index (χ3n) is 6.45. The Morgan fingerprint density at radius 1 is 1.18 bits per heavy atom. The second-order valence-electron chi connectivity index (χ2n) is 8.39. The lowest BCUT2D eigenvalue weighted by Crippen LogP contribution is -2.35. The van der Waals surface area contributed by atoms with E-state index >= 15 is 0 Å². The molecule has 0 fully saturated rings. The molecular weight excluding hydrogens is 433 g/mol. The van der Waals surface area contributed by atoms with Crippen LogP contribution in [0.4, 0.5) is 13.2 Å². The summed E-state index contributed by atoms with van der Waals surface area (Å²) < 4.78 is 43.9. The van der Waals surface area contributed by atoms with Crippen molar-refractivity contribution in [1.29, 1.82) is 5.26 Å². The van der Waals surface area contributed by atoms with Gasteiger partial charge < -0.3 is 10.0 Å². The SMILES string of the molecule is CC(=O)N1CCc2c(c(-c3ccc(F)c(C#N)c3)nn2[C@@H]2c3cc(F)cc(F)c3C[C@H]2O)C1. The fourth-order valence-electron chi connectivity index (χ4n) is 4.86. The molecule has 0 radical (unpaired) electrons. The van der Waals surface area contributed by atoms with E-state index in [9.17, 15) is 28.3 Å². The van der Waals surface area contributed by atoms with E-state index in [1.165, 1.54) is 31.2 Å². The molecule has 1 amide bonds. The maximum Gasteiger partial charge on any atom is 0.219 e. The van der Waals surface area contributed by atoms with Gasteiger partial charge >= 0.3 is 0 Å². The van der Waals surface area contributed by atoms with Gasteiger partial charge in [-0.15, -0.1) is 0 Å². The quantitative estimate of drug-likeness (QED) is 0.647. The minimum Gasteiger partial charge on any atom is -0.390 e. The van der Waals surface area contributed by atoms with Crippen molar-refractivity contribution in [1.82, 2.24) is 14.7 Å². The van der Waals surface area contributed by atoms with Gasteiger partial charge in [-0.2, -0.15) is 10.4 Å². The molecule has 1 aromatic heterocycles. The van der Waals surface area contributed by atoms with Crippen LogP contribution in [0.5, 0.6) is 0 Å². The van der Waals surface area contributed by atoms with Crippen LogP contribution >= 0.6 is 0 Å². The summed E-state index contributed by atoms with van der Waals surface area (Å²) in [5.74, 6) is -2.24. The van der Waals surface area contributed by atoms with Gasteiger partial charge in [-0.25, -0.2) is 13.2 Å². The summed E-state index contributed by atoms with van der Waals surface area (Å²) in [5.41, 5.74) is 2.76. The normalized spacial score (nSPS) is 19.2. The van der Waals surface area contributed by atoms with Crippen LogP contribution in [0.2, 0.25) is 0 Å². The highest BCUT2D eigenvalue weighted by Gasteiger charge is 2.39. The molecule has 168 valence electrons. The molecule has 2 aromatic carbocycles. The first-order valence-electron chi connectivity index (χ1n) is 10.5. The number of amides is 1. The number of carbonyl (C=O) groups is 1. The van der Waals surface area contributed by atoms with Crippen LogP contribution in [0.25, 0.3) is 11.3 Å². The lowest BCUT2D eigenvalue weighted by atomic mass is 9.99. The molecule has 2 aliphatic rings. The Labute approximate surface area is 187 Å². The van der Waals surface area contributed by atoms with Gasteiger partial charge in [-0.3, -0.25) is 9.48 Å². The van der Waals surface area contributed by atoms with Crippen LogP contribution < -0.4 is 0 Å². The molecule has 2 atom stereocenters. The van der Waals surface area contributed by atoms with Crippen LogP contribution in [0, 0.1) is 28.8 Å². The van der Waals surface area contributed by atoms with Crippen molar-refractivity contribution >= 4 is 5.91 Å². The number of aliphatic hydroxyl groups excluding tert-OH is 1. The molecule has 33 heavy (non-hydrogen) atoms. The van der Waals surface area contributed by atoms with Gasteiger partial charge in [0.15, 0.2) is 0 Å². The summed E-state index contributed by atoms with van der Waals surface area (Å²) in [7, 11) is 0. The summed E-state index contributed by atoms with van der Waals surface area (Å²) in [6.07, 6.45) is -0.586. The summed E-state index contributed by atoms with van der Waals surface area (Å²) >= 11 is 0. The first-order valence-corrected chi connectivity index (χ1v) is 10.5. The van der Waals surface area contributed by atoms with Gasteiger partial charge in [0.1, 0.15) is 29.6 Å². The first-order chi connectivity index (χ1) is 15.8. The van der Waals surface area contributed by atoms with E-state index < -0.39 is 29.6 Å². The number of fused-ring (bicyclic) bond motifs is 2. The average Bonchev–Trinajstić information content (AvgIpc) is 3.31. The Morgan fingerprint density at radius 2 is 1.97 bits per heavy atom. The predicted octanol–water partition coefficient (Wildman–Crippen LogP) is 3.25. The fourth-order valence-corrected chi connectivity index (χ4v) is 4.86. The zero-order valence-corrected chi connectivity index (χ0v) is 17.6. The largest absolute Gasteiger partial charge is 0.390 e. The topological polar surface area (TPSA) is 82.2 Å². The Balaban J connectivity index is 1.71. The average molecular weight is 452 g/mol. The molecule has 9 heteroatoms. The van der Waals surface area contributed by atoms with E-state index in [0.29, 0.717) is 35.3 Å². The third-order valence-corrected chi connectivity index (χ3v) is 6.45. The maximum absolute atomic E-state index is 14.4. The molecule has 2 heterocycles. The van der Waals surface area contributed by atoms with E-state index in [-0.39, 0.29) is 30.0 Å². The number of aromatic nitrogens is 2. The number of nitrogens with zero attached hydrogens (tertiary/aromatic N) is 4. The number of nitriles is 1. The summed E-state index contributed by atoms with van der Waals surface area (Å²) in [4.78, 5) is 13.7. The van der Waals surface area contributed by atoms with Crippen LogP contribution in [0.1, 0.15) is 40.9 Å². The summed E-state index contributed by atoms with van der Waals surface area (Å²) in [6.45, 7) is 2.13. The van der Waals surface area contributed by atoms with Gasteiger partial charge in [-0.05, 0) is 35.4 Å². The number of aliphatic hydroxyl groups is 1. The molecule has 6 nitrogen and oxygen atoms in total. The van der Waals surface area contributed by atoms with Gasteiger partial charge in [-0.1, -0.05) is 0 Å². The van der Waals surface area contributed by atoms with Crippen LogP contribution in [0.3, 0.4) is 0 Å². The Morgan fingerprint density at radius 3 is 2.70 bits per heavy atom. The van der Waals surface area contributed by atoms with Gasteiger partial charge in [0.2, 0.25) is 5.91 Å². The molecule has 5 rings (SSSR count). The van der Waals surface area contributed by atoms with Gasteiger partial charge in [0.05, 0.1) is 17.4 Å². The highest BCUT2D eigenvalue weighted by atomic mass is 19.1. The Bertz CT molecular complexity index is 1340. The molecule has 0 saturated heterocycles. The summed E-state index contributed by atoms with van der Waals surface area (Å²) in [6, 6.07) is 7.06. The number of hydrogen-bond acceptors (Lipinski definition) is 4. The van der Waals surface area contributed by atoms with Crippen LogP contribution in [-0.4, -0.2) is 38.3 Å². The van der Waals surface area contributed by atoms with Crippen LogP contribution in [-0.2, 0) is 24.2 Å². The number of halogens is 3. The Hall–Kier alpha value is -3.64. The standard InChI is InChI=1S/C24H19F3N4O2/c1-12(32)30-5-4-21-18(11-30)23(13-2-3-19(26)14(6-13)10-28)29-31(21)24-17-7-15(25)8-20(27)16(17)9-22(24)33/h2-3,6-8,22,24,33H,4-5,9,11H2,1H3/t22-,24-/m1/s1. The molecule has 1 N–H and O–H groups in total. The van der Waals surface area contributed by atoms with E-state index in [0.717, 1.165) is 11.8 Å². The van der Waals surface area contributed by atoms with Crippen molar-refractivity contribution in [2.24, 2.45) is 0 Å². The number of rotatable bonds is 2. The molecule has 1 aliphatic carbocycles. The third kappa shape index (κ3) is 3.38. The summed E-state index contributed by atoms with van der Waals surface area (Å²) in [5, 5.41) is 24.7. The lowest BCUT2D eigenvalue weighted by Gasteiger charge is -2.28. The van der Waals surface area contributed by atoms with Crippen molar-refractivity contribution < 1.29 is 23.1 Å². The Kier molecular flexibility index (Phi) is 4.98. The van der Waals surface area contributed by atoms with Crippen molar-refractivity contribution in [3.8, 4) is 17.3 Å². The van der Waals surface area contributed by atoms with E-state index in [1.54, 1.807) is 9.58 Å². The first kappa shape index (κ1) is 21.2. The molecule has 3 aromatic rings. The molecule has 1 aliphatic heterocycles. The molecule has 0 saturated carbocycles. The van der Waals surface area contributed by atoms with Crippen LogP contribution in [0.15, 0.2) is 30.3 Å². The second-order valence-corrected chi connectivity index (χ2v) is 8.39. The van der Waals surface area contributed by atoms with Gasteiger partial charge in [0.25, 0.3) is 0 Å². The number of benzene rings is 2. The number of hydrogen-bond donors (Lipinski definition) is 1. The van der Waals surface area contributed by atoms with Crippen molar-refractivity contribution in [3.05, 3.63) is 75.7 Å². The van der Waals surface area contributed by atoms with E-state index in [2.05, 4.69) is 0 Å². The zero-order valence-electron chi connectivity index (χ0n) is 17.6. The zero-order chi connectivity index (χ0) is 23.4. The fraction of sp³-hybridized carbons (Fsp3) is 0.292. The molecule has 0 bridgehead atoms. The van der Waals surface area contributed by atoms with E-state index in [1.807, 2.05) is 6.07 Å². The van der Waals surface area contributed by atoms with Crippen molar-refractivity contribution in [2.45, 2.75) is 38.5 Å². The monoisotopic (exact) mass is 452 g/mol. The second kappa shape index (κ2) is 7.74.